The summed E-state index contributed by atoms with van der Waals surface area (Å²) < 4.78 is 0. The Morgan fingerprint density at radius 1 is 1.10 bits per heavy atom. The first-order valence-electron chi connectivity index (χ1n) is 6.65. The minimum Gasteiger partial charge on any atom is -0.480 e. The van der Waals surface area contributed by atoms with Gasteiger partial charge in [-0.3, -0.25) is 14.6 Å². The van der Waals surface area contributed by atoms with Gasteiger partial charge in [0.25, 0.3) is 0 Å². The number of rotatable bonds is 5. The van der Waals surface area contributed by atoms with Gasteiger partial charge in [0.2, 0.25) is 11.8 Å². The molecule has 0 aliphatic rings. The fourth-order valence-corrected chi connectivity index (χ4v) is 2.09. The Kier molecular flexibility index (Phi) is 5.90. The summed E-state index contributed by atoms with van der Waals surface area (Å²) in [6.45, 7) is 2.53. The Morgan fingerprint density at radius 3 is 2.10 bits per heavy atom. The lowest BCUT2D eigenvalue weighted by Crippen LogP contribution is -2.54. The van der Waals surface area contributed by atoms with Gasteiger partial charge in [0.05, 0.1) is 0 Å². The Morgan fingerprint density at radius 2 is 1.67 bits per heavy atom. The number of benzene rings is 1. The second-order valence-electron chi connectivity index (χ2n) is 4.78. The second-order valence-corrected chi connectivity index (χ2v) is 4.78. The summed E-state index contributed by atoms with van der Waals surface area (Å²) in [6.07, 6.45) is 0.740. The van der Waals surface area contributed by atoms with Crippen molar-refractivity contribution in [3.05, 3.63) is 35.9 Å². The number of hydrazine groups is 1. The number of nitrogens with zero attached hydrogens (tertiary/aromatic N) is 2. The lowest BCUT2D eigenvalue weighted by Gasteiger charge is -2.34. The molecule has 1 unspecified atom stereocenters. The van der Waals surface area contributed by atoms with Gasteiger partial charge in [0.1, 0.15) is 0 Å². The van der Waals surface area contributed by atoms with Crippen molar-refractivity contribution in [2.24, 2.45) is 0 Å². The topological polar surface area (TPSA) is 77.9 Å². The fraction of sp³-hybridized carbons (Fsp3) is 0.400. The highest BCUT2D eigenvalue weighted by Gasteiger charge is 2.31. The zero-order valence-electron chi connectivity index (χ0n) is 12.4. The number of hydrogen-bond donors (Lipinski definition) is 1. The van der Waals surface area contributed by atoms with E-state index in [1.807, 2.05) is 30.3 Å². The van der Waals surface area contributed by atoms with Crippen molar-refractivity contribution < 1.29 is 19.5 Å². The lowest BCUT2D eigenvalue weighted by molar-refractivity contribution is -0.171. The molecule has 1 rings (SSSR count). The molecule has 1 aromatic rings. The number of carbonyl (C=O) groups is 3. The van der Waals surface area contributed by atoms with Crippen LogP contribution in [-0.4, -0.2) is 46.0 Å². The molecule has 0 fully saturated rings. The molecule has 0 saturated heterocycles. The Bertz CT molecular complexity index is 516. The normalized spacial score (nSPS) is 11.6. The number of carbonyl (C=O) groups excluding carboxylic acids is 2. The Labute approximate surface area is 123 Å². The highest BCUT2D eigenvalue weighted by Crippen LogP contribution is 2.13. The number of carboxylic acid groups (broad SMARTS) is 1. The van der Waals surface area contributed by atoms with Crippen LogP contribution >= 0.6 is 0 Å². The molecule has 114 valence electrons. The molecule has 1 N–H and O–H groups in total. The number of hydrogen-bond acceptors (Lipinski definition) is 3. The summed E-state index contributed by atoms with van der Waals surface area (Å²) in [5.41, 5.74) is 0.984. The largest absolute Gasteiger partial charge is 0.480 e. The third-order valence-corrected chi connectivity index (χ3v) is 3.23. The van der Waals surface area contributed by atoms with E-state index >= 15 is 0 Å². The predicted molar refractivity (Wildman–Crippen MR) is 77.2 cm³/mol. The number of aryl methyl sites for hydroxylation is 1. The fourth-order valence-electron chi connectivity index (χ4n) is 2.09. The van der Waals surface area contributed by atoms with Crippen molar-refractivity contribution in [1.29, 1.82) is 0 Å². The summed E-state index contributed by atoms with van der Waals surface area (Å²) in [5.74, 6) is -2.00. The molecule has 0 spiro atoms. The quantitative estimate of drug-likeness (QED) is 0.830. The Hall–Kier alpha value is -2.37. The number of aliphatic carboxylic acids is 1. The third-order valence-electron chi connectivity index (χ3n) is 3.23. The molecule has 1 atom stereocenters. The van der Waals surface area contributed by atoms with Crippen LogP contribution in [0.2, 0.25) is 0 Å². The summed E-state index contributed by atoms with van der Waals surface area (Å²) in [5, 5.41) is 11.4. The van der Waals surface area contributed by atoms with Gasteiger partial charge < -0.3 is 5.11 Å². The first kappa shape index (κ1) is 16.7. The number of carboxylic acids is 1. The van der Waals surface area contributed by atoms with E-state index in [1.54, 1.807) is 0 Å². The van der Waals surface area contributed by atoms with E-state index in [2.05, 4.69) is 0 Å². The van der Waals surface area contributed by atoms with Crippen LogP contribution in [0.4, 0.5) is 0 Å². The molecule has 0 saturated carbocycles. The van der Waals surface area contributed by atoms with E-state index in [-0.39, 0.29) is 6.42 Å². The highest BCUT2D eigenvalue weighted by atomic mass is 16.4. The van der Waals surface area contributed by atoms with E-state index in [9.17, 15) is 19.5 Å². The molecule has 6 nitrogen and oxygen atoms in total. The van der Waals surface area contributed by atoms with E-state index < -0.39 is 23.8 Å². The van der Waals surface area contributed by atoms with Crippen LogP contribution in [0.15, 0.2) is 30.3 Å². The first-order valence-corrected chi connectivity index (χ1v) is 6.65. The van der Waals surface area contributed by atoms with Crippen molar-refractivity contribution >= 4 is 17.8 Å². The second kappa shape index (κ2) is 7.42. The average molecular weight is 292 g/mol. The van der Waals surface area contributed by atoms with E-state index in [0.717, 1.165) is 15.6 Å². The van der Waals surface area contributed by atoms with Crippen molar-refractivity contribution in [2.75, 3.05) is 7.05 Å². The zero-order valence-corrected chi connectivity index (χ0v) is 12.4. The SMILES string of the molecule is CC(=O)N(C)N(C(C)=O)C(CCc1ccccc1)C(=O)O. The summed E-state index contributed by atoms with van der Waals surface area (Å²) >= 11 is 0. The van der Waals surface area contributed by atoms with Gasteiger partial charge in [-0.15, -0.1) is 0 Å². The molecule has 21 heavy (non-hydrogen) atoms. The van der Waals surface area contributed by atoms with Gasteiger partial charge >= 0.3 is 5.97 Å². The van der Waals surface area contributed by atoms with E-state index in [1.165, 1.54) is 20.9 Å². The highest BCUT2D eigenvalue weighted by molar-refractivity contribution is 5.85. The van der Waals surface area contributed by atoms with Gasteiger partial charge in [-0.2, -0.15) is 0 Å². The van der Waals surface area contributed by atoms with E-state index in [0.29, 0.717) is 6.42 Å². The van der Waals surface area contributed by atoms with Crippen LogP contribution < -0.4 is 0 Å². The summed E-state index contributed by atoms with van der Waals surface area (Å²) in [6, 6.07) is 8.34. The number of amides is 2. The maximum atomic E-state index is 11.7. The van der Waals surface area contributed by atoms with E-state index in [4.69, 9.17) is 0 Å². The minimum absolute atomic E-state index is 0.233. The summed E-state index contributed by atoms with van der Waals surface area (Å²) in [4.78, 5) is 34.6. The third kappa shape index (κ3) is 4.59. The molecule has 2 amide bonds. The molecule has 0 radical (unpaired) electrons. The molecule has 0 heterocycles. The van der Waals surface area contributed by atoms with Gasteiger partial charge in [0.15, 0.2) is 6.04 Å². The zero-order chi connectivity index (χ0) is 16.0. The van der Waals surface area contributed by atoms with Crippen molar-refractivity contribution in [1.82, 2.24) is 10.0 Å². The average Bonchev–Trinajstić information content (AvgIpc) is 2.42. The van der Waals surface area contributed by atoms with Gasteiger partial charge in [-0.05, 0) is 18.4 Å². The molecule has 6 heteroatoms. The molecular formula is C15H20N2O4. The maximum Gasteiger partial charge on any atom is 0.328 e. The van der Waals surface area contributed by atoms with Gasteiger partial charge in [-0.1, -0.05) is 30.3 Å². The summed E-state index contributed by atoms with van der Waals surface area (Å²) in [7, 11) is 1.39. The van der Waals surface area contributed by atoms with Crippen LogP contribution in [0.25, 0.3) is 0 Å². The van der Waals surface area contributed by atoms with Crippen LogP contribution in [-0.2, 0) is 20.8 Å². The van der Waals surface area contributed by atoms with Crippen LogP contribution in [0.5, 0.6) is 0 Å². The molecule has 1 aromatic carbocycles. The molecule has 0 aliphatic carbocycles. The molecular weight excluding hydrogens is 272 g/mol. The lowest BCUT2D eigenvalue weighted by atomic mass is 10.0. The van der Waals surface area contributed by atoms with Crippen molar-refractivity contribution in [3.8, 4) is 0 Å². The maximum absolute atomic E-state index is 11.7. The smallest absolute Gasteiger partial charge is 0.328 e. The van der Waals surface area contributed by atoms with Gasteiger partial charge in [-0.25, -0.2) is 9.80 Å². The van der Waals surface area contributed by atoms with Gasteiger partial charge in [0, 0.05) is 20.9 Å². The van der Waals surface area contributed by atoms with Crippen molar-refractivity contribution in [2.45, 2.75) is 32.7 Å². The first-order chi connectivity index (χ1) is 9.84. The monoisotopic (exact) mass is 292 g/mol. The van der Waals surface area contributed by atoms with Crippen LogP contribution in [0.1, 0.15) is 25.8 Å². The Balaban J connectivity index is 2.90. The van der Waals surface area contributed by atoms with Crippen LogP contribution in [0.3, 0.4) is 0 Å². The molecule has 0 aliphatic heterocycles. The standard InChI is InChI=1S/C15H20N2O4/c1-11(18)16(3)17(12(2)19)14(15(20)21)10-9-13-7-5-4-6-8-13/h4-8,14H,9-10H2,1-3H3,(H,20,21). The molecule has 0 aromatic heterocycles. The predicted octanol–water partition coefficient (Wildman–Crippen LogP) is 1.31. The molecule has 0 bridgehead atoms. The van der Waals surface area contributed by atoms with Crippen molar-refractivity contribution in [3.63, 3.8) is 0 Å². The minimum atomic E-state index is -1.13. The van der Waals surface area contributed by atoms with Crippen LogP contribution in [0, 0.1) is 0 Å².